The number of ether oxygens (including phenoxy) is 2. The van der Waals surface area contributed by atoms with Gasteiger partial charge in [-0.3, -0.25) is 4.90 Å². The quantitative estimate of drug-likeness (QED) is 0.507. The average Bonchev–Trinajstić information content (AvgIpc) is 3.37. The molecule has 0 aromatic carbocycles. The summed E-state index contributed by atoms with van der Waals surface area (Å²) in [4.78, 5) is 32.8. The second kappa shape index (κ2) is 9.46. The second-order valence-corrected chi connectivity index (χ2v) is 11.2. The molecule has 2 amide bonds. The summed E-state index contributed by atoms with van der Waals surface area (Å²) in [5, 5.41) is 9.84. The zero-order valence-electron chi connectivity index (χ0n) is 20.7. The van der Waals surface area contributed by atoms with Crippen LogP contribution in [0.5, 0.6) is 5.75 Å². The fourth-order valence-electron chi connectivity index (χ4n) is 5.78. The molecule has 13 heteroatoms. The summed E-state index contributed by atoms with van der Waals surface area (Å²) in [5.41, 5.74) is 12.8. The van der Waals surface area contributed by atoms with Crippen LogP contribution < -0.4 is 26.0 Å². The minimum Gasteiger partial charge on any atom is -0.486 e. The Morgan fingerprint density at radius 1 is 1.30 bits per heavy atom. The standard InChI is InChI=1S/C24H32N8O4S/c1-14-19(25)24(13-36-14)3-6-30(7-4-24)17-10-28-22(20(26)29-17)37-16-2-5-27-21-18(16)35-12-15-11-31(8-9-33)23(34)32(15)21/h2,5,10,14-15,19,33H,3-4,6-9,11-13,25H2,1H3,(H2,26,29)/t14-,15?,19+/m0/s1. The third-order valence-corrected chi connectivity index (χ3v) is 9.08. The van der Waals surface area contributed by atoms with Gasteiger partial charge in [0.15, 0.2) is 17.4 Å². The summed E-state index contributed by atoms with van der Waals surface area (Å²) < 4.78 is 11.9. The van der Waals surface area contributed by atoms with Crippen LogP contribution in [0.2, 0.25) is 0 Å². The molecule has 0 radical (unpaired) electrons. The molecule has 4 aliphatic heterocycles. The lowest BCUT2D eigenvalue weighted by Crippen LogP contribution is -2.50. The summed E-state index contributed by atoms with van der Waals surface area (Å²) in [5.74, 6) is 2.09. The number of anilines is 3. The minimum absolute atomic E-state index is 0.0377. The van der Waals surface area contributed by atoms with E-state index in [4.69, 9.17) is 20.9 Å². The Labute approximate surface area is 219 Å². The molecular formula is C24H32N8O4S. The Kier molecular flexibility index (Phi) is 6.25. The van der Waals surface area contributed by atoms with Gasteiger partial charge in [0.1, 0.15) is 17.5 Å². The van der Waals surface area contributed by atoms with Crippen molar-refractivity contribution in [1.29, 1.82) is 0 Å². The number of nitrogens with zero attached hydrogens (tertiary/aromatic N) is 6. The minimum atomic E-state index is -0.176. The van der Waals surface area contributed by atoms with E-state index < -0.39 is 0 Å². The van der Waals surface area contributed by atoms with Crippen LogP contribution in [-0.2, 0) is 4.74 Å². The molecule has 198 valence electrons. The lowest BCUT2D eigenvalue weighted by molar-refractivity contribution is 0.0974. The number of carbonyl (C=O) groups excluding carboxylic acids is 1. The number of nitrogens with two attached hydrogens (primary N) is 2. The van der Waals surface area contributed by atoms with E-state index in [0.717, 1.165) is 36.6 Å². The zero-order valence-corrected chi connectivity index (χ0v) is 21.6. The van der Waals surface area contributed by atoms with Gasteiger partial charge < -0.3 is 35.8 Å². The van der Waals surface area contributed by atoms with Crippen molar-refractivity contribution in [2.75, 3.05) is 61.5 Å². The fraction of sp³-hybridized carbons (Fsp3) is 0.583. The Morgan fingerprint density at radius 2 is 2.11 bits per heavy atom. The van der Waals surface area contributed by atoms with E-state index in [-0.39, 0.29) is 42.8 Å². The first-order valence-corrected chi connectivity index (χ1v) is 13.4. The van der Waals surface area contributed by atoms with Crippen molar-refractivity contribution in [1.82, 2.24) is 19.9 Å². The first kappa shape index (κ1) is 24.5. The monoisotopic (exact) mass is 528 g/mol. The maximum Gasteiger partial charge on any atom is 0.326 e. The summed E-state index contributed by atoms with van der Waals surface area (Å²) in [6.07, 6.45) is 5.39. The summed E-state index contributed by atoms with van der Waals surface area (Å²) in [7, 11) is 0. The molecule has 12 nitrogen and oxygen atoms in total. The highest BCUT2D eigenvalue weighted by atomic mass is 32.2. The highest BCUT2D eigenvalue weighted by Crippen LogP contribution is 2.45. The first-order valence-electron chi connectivity index (χ1n) is 12.6. The van der Waals surface area contributed by atoms with E-state index in [1.165, 1.54) is 11.8 Å². The molecule has 0 aliphatic carbocycles. The molecular weight excluding hydrogens is 496 g/mol. The van der Waals surface area contributed by atoms with Crippen LogP contribution in [0.4, 0.5) is 22.2 Å². The Hall–Kier alpha value is -2.87. The predicted octanol–water partition coefficient (Wildman–Crippen LogP) is 0.933. The van der Waals surface area contributed by atoms with Gasteiger partial charge in [-0.15, -0.1) is 0 Å². The molecule has 1 spiro atoms. The van der Waals surface area contributed by atoms with Crippen molar-refractivity contribution < 1.29 is 19.4 Å². The molecule has 37 heavy (non-hydrogen) atoms. The van der Waals surface area contributed by atoms with Gasteiger partial charge >= 0.3 is 6.03 Å². The molecule has 3 saturated heterocycles. The van der Waals surface area contributed by atoms with Gasteiger partial charge in [-0.1, -0.05) is 11.8 Å². The van der Waals surface area contributed by atoms with Crippen LogP contribution in [0, 0.1) is 5.41 Å². The number of aliphatic hydroxyl groups is 1. The van der Waals surface area contributed by atoms with Crippen molar-refractivity contribution in [3.05, 3.63) is 18.5 Å². The average molecular weight is 529 g/mol. The number of hydrogen-bond acceptors (Lipinski definition) is 11. The topological polar surface area (TPSA) is 156 Å². The van der Waals surface area contributed by atoms with Crippen LogP contribution in [0.25, 0.3) is 0 Å². The number of urea groups is 1. The number of nitrogen functional groups attached to an aromatic ring is 1. The molecule has 0 bridgehead atoms. The number of fused-ring (bicyclic) bond motifs is 3. The maximum absolute atomic E-state index is 12.9. The number of carbonyl (C=O) groups is 1. The summed E-state index contributed by atoms with van der Waals surface area (Å²) >= 11 is 1.34. The number of hydrogen-bond donors (Lipinski definition) is 3. The normalized spacial score (nSPS) is 26.4. The van der Waals surface area contributed by atoms with Crippen LogP contribution >= 0.6 is 11.8 Å². The van der Waals surface area contributed by atoms with Crippen LogP contribution in [0.3, 0.4) is 0 Å². The lowest BCUT2D eigenvalue weighted by atomic mass is 9.73. The third-order valence-electron chi connectivity index (χ3n) is 8.03. The van der Waals surface area contributed by atoms with Crippen LogP contribution in [0.1, 0.15) is 19.8 Å². The number of aliphatic hydroxyl groups excluding tert-OH is 1. The molecule has 1 unspecified atom stereocenters. The predicted molar refractivity (Wildman–Crippen MR) is 138 cm³/mol. The molecule has 0 saturated carbocycles. The van der Waals surface area contributed by atoms with Crippen molar-refractivity contribution in [2.45, 2.75) is 47.9 Å². The van der Waals surface area contributed by atoms with E-state index in [0.29, 0.717) is 42.2 Å². The molecule has 6 rings (SSSR count). The highest BCUT2D eigenvalue weighted by molar-refractivity contribution is 7.99. The number of amides is 2. The van der Waals surface area contributed by atoms with E-state index in [2.05, 4.69) is 19.9 Å². The van der Waals surface area contributed by atoms with E-state index in [1.54, 1.807) is 22.2 Å². The first-order chi connectivity index (χ1) is 17.9. The smallest absolute Gasteiger partial charge is 0.326 e. The van der Waals surface area contributed by atoms with Crippen molar-refractivity contribution >= 4 is 35.2 Å². The molecule has 2 aromatic heterocycles. The fourth-order valence-corrected chi connectivity index (χ4v) is 6.62. The number of piperidine rings is 1. The molecule has 4 aliphatic rings. The maximum atomic E-state index is 12.9. The van der Waals surface area contributed by atoms with Gasteiger partial charge in [0.05, 0.1) is 36.5 Å². The second-order valence-electron chi connectivity index (χ2n) is 10.2. The summed E-state index contributed by atoms with van der Waals surface area (Å²) in [6.45, 7) is 5.46. The highest BCUT2D eigenvalue weighted by Gasteiger charge is 2.48. The molecule has 3 atom stereocenters. The van der Waals surface area contributed by atoms with Crippen LogP contribution in [-0.4, -0.2) is 95.2 Å². The number of aromatic nitrogens is 3. The Morgan fingerprint density at radius 3 is 2.81 bits per heavy atom. The van der Waals surface area contributed by atoms with E-state index in [9.17, 15) is 9.90 Å². The van der Waals surface area contributed by atoms with Crippen molar-refractivity contribution in [3.8, 4) is 5.75 Å². The molecule has 5 N–H and O–H groups in total. The van der Waals surface area contributed by atoms with Crippen molar-refractivity contribution in [2.24, 2.45) is 11.1 Å². The molecule has 2 aromatic rings. The van der Waals surface area contributed by atoms with Gasteiger partial charge in [0.2, 0.25) is 0 Å². The lowest BCUT2D eigenvalue weighted by Gasteiger charge is -2.41. The van der Waals surface area contributed by atoms with Gasteiger partial charge in [-0.2, -0.15) is 0 Å². The zero-order chi connectivity index (χ0) is 25.7. The number of β-amino-alcohol motifs (C(OH)–C–C–N with tert-alkyl or cyclic N) is 1. The third kappa shape index (κ3) is 4.13. The Bertz CT molecular complexity index is 1190. The SMILES string of the molecule is C[C@@H]1OCC2(CCN(c3cnc(Sc4ccnc5c4OCC4CN(CCO)C(=O)N54)c(N)n3)CC2)[C@@H]1N. The van der Waals surface area contributed by atoms with Gasteiger partial charge in [0.25, 0.3) is 0 Å². The van der Waals surface area contributed by atoms with Gasteiger partial charge in [0, 0.05) is 43.8 Å². The van der Waals surface area contributed by atoms with Crippen LogP contribution in [0.15, 0.2) is 28.4 Å². The summed E-state index contributed by atoms with van der Waals surface area (Å²) in [6, 6.07) is 1.57. The largest absolute Gasteiger partial charge is 0.486 e. The van der Waals surface area contributed by atoms with E-state index >= 15 is 0 Å². The van der Waals surface area contributed by atoms with Gasteiger partial charge in [-0.05, 0) is 25.8 Å². The number of pyridine rings is 1. The Balaban J connectivity index is 1.17. The molecule has 6 heterocycles. The van der Waals surface area contributed by atoms with E-state index in [1.807, 2.05) is 13.0 Å². The number of rotatable bonds is 5. The van der Waals surface area contributed by atoms with Gasteiger partial charge in [-0.25, -0.2) is 19.7 Å². The molecule has 3 fully saturated rings. The van der Waals surface area contributed by atoms with Crippen molar-refractivity contribution in [3.63, 3.8) is 0 Å².